The molecule has 7 heteroatoms. The van der Waals surface area contributed by atoms with Crippen LogP contribution in [0.25, 0.3) is 5.82 Å². The van der Waals surface area contributed by atoms with Gasteiger partial charge in [0.05, 0.1) is 0 Å². The van der Waals surface area contributed by atoms with Crippen molar-refractivity contribution < 1.29 is 4.79 Å². The summed E-state index contributed by atoms with van der Waals surface area (Å²) in [5.41, 5.74) is 0. The van der Waals surface area contributed by atoms with Gasteiger partial charge in [0.25, 0.3) is 0 Å². The first-order valence-corrected chi connectivity index (χ1v) is 8.67. The quantitative estimate of drug-likeness (QED) is 0.855. The van der Waals surface area contributed by atoms with Crippen LogP contribution < -0.4 is 4.90 Å². The molecule has 1 saturated heterocycles. The molecule has 126 valence electrons. The van der Waals surface area contributed by atoms with Crippen LogP contribution in [-0.2, 0) is 4.79 Å². The Morgan fingerprint density at radius 1 is 1.00 bits per heavy atom. The summed E-state index contributed by atoms with van der Waals surface area (Å²) in [4.78, 5) is 20.7. The fourth-order valence-electron chi connectivity index (χ4n) is 3.61. The highest BCUT2D eigenvalue weighted by atomic mass is 16.2. The molecule has 0 atom stereocenters. The number of piperazine rings is 1. The summed E-state index contributed by atoms with van der Waals surface area (Å²) in [6.45, 7) is 3.19. The Bertz CT molecular complexity index is 670. The van der Waals surface area contributed by atoms with Crippen LogP contribution in [0.5, 0.6) is 0 Å². The van der Waals surface area contributed by atoms with Gasteiger partial charge in [0.15, 0.2) is 11.6 Å². The Hall–Kier alpha value is -2.44. The molecule has 0 radical (unpaired) electrons. The van der Waals surface area contributed by atoms with E-state index in [1.165, 1.54) is 12.8 Å². The predicted molar refractivity (Wildman–Crippen MR) is 89.9 cm³/mol. The molecule has 1 amide bonds. The molecule has 0 N–H and O–H groups in total. The van der Waals surface area contributed by atoms with Crippen LogP contribution >= 0.6 is 0 Å². The lowest BCUT2D eigenvalue weighted by atomic mass is 10.1. The summed E-state index contributed by atoms with van der Waals surface area (Å²) >= 11 is 0. The van der Waals surface area contributed by atoms with Crippen molar-refractivity contribution in [3.63, 3.8) is 0 Å². The molecule has 0 bridgehead atoms. The summed E-state index contributed by atoms with van der Waals surface area (Å²) in [7, 11) is 0. The van der Waals surface area contributed by atoms with Gasteiger partial charge in [0.1, 0.15) is 6.33 Å². The number of nitrogens with zero attached hydrogens (tertiary/aromatic N) is 6. The molecular weight excluding hydrogens is 304 g/mol. The highest BCUT2D eigenvalue weighted by molar-refractivity contribution is 5.79. The molecule has 2 aromatic rings. The Morgan fingerprint density at radius 3 is 2.33 bits per heavy atom. The lowest BCUT2D eigenvalue weighted by Crippen LogP contribution is -2.50. The van der Waals surface area contributed by atoms with E-state index < -0.39 is 0 Å². The molecule has 24 heavy (non-hydrogen) atoms. The maximum absolute atomic E-state index is 12.5. The molecule has 0 spiro atoms. The first-order chi connectivity index (χ1) is 11.8. The Labute approximate surface area is 141 Å². The van der Waals surface area contributed by atoms with Crippen molar-refractivity contribution >= 4 is 11.7 Å². The summed E-state index contributed by atoms with van der Waals surface area (Å²) in [6.07, 6.45) is 9.81. The molecule has 2 aromatic heterocycles. The second-order valence-corrected chi connectivity index (χ2v) is 6.51. The summed E-state index contributed by atoms with van der Waals surface area (Å²) in [5.74, 6) is 2.25. The molecule has 0 aromatic carbocycles. The van der Waals surface area contributed by atoms with Crippen LogP contribution in [-0.4, -0.2) is 56.7 Å². The van der Waals surface area contributed by atoms with Crippen molar-refractivity contribution in [2.24, 2.45) is 5.92 Å². The predicted octanol–water partition coefficient (Wildman–Crippen LogP) is 1.50. The maximum Gasteiger partial charge on any atom is 0.225 e. The highest BCUT2D eigenvalue weighted by Gasteiger charge is 2.29. The molecule has 1 aliphatic heterocycles. The SMILES string of the molecule is O=C(C1CCCC1)N1CCN(c2ccc(-n3ccnc3)nn2)CC1. The standard InChI is InChI=1S/C17H22N6O/c24-17(14-3-1-2-4-14)22-11-9-21(10-12-22)15-5-6-16(20-19-15)23-8-7-18-13-23/h5-8,13-14H,1-4,9-12H2. The number of hydrogen-bond donors (Lipinski definition) is 0. The monoisotopic (exact) mass is 326 g/mol. The van der Waals surface area contributed by atoms with Crippen LogP contribution in [0.3, 0.4) is 0 Å². The molecule has 1 aliphatic carbocycles. The van der Waals surface area contributed by atoms with E-state index in [1.54, 1.807) is 12.5 Å². The average molecular weight is 326 g/mol. The Balaban J connectivity index is 1.36. The van der Waals surface area contributed by atoms with Gasteiger partial charge in [-0.2, -0.15) is 0 Å². The van der Waals surface area contributed by atoms with Gasteiger partial charge in [-0.15, -0.1) is 10.2 Å². The second-order valence-electron chi connectivity index (χ2n) is 6.51. The summed E-state index contributed by atoms with van der Waals surface area (Å²) in [5, 5.41) is 8.59. The largest absolute Gasteiger partial charge is 0.352 e. The van der Waals surface area contributed by atoms with E-state index in [9.17, 15) is 4.79 Å². The number of carbonyl (C=O) groups excluding carboxylic acids is 1. The zero-order valence-electron chi connectivity index (χ0n) is 13.7. The fraction of sp³-hybridized carbons (Fsp3) is 0.529. The molecule has 3 heterocycles. The zero-order valence-corrected chi connectivity index (χ0v) is 13.7. The van der Waals surface area contributed by atoms with E-state index >= 15 is 0 Å². The first-order valence-electron chi connectivity index (χ1n) is 8.67. The smallest absolute Gasteiger partial charge is 0.225 e. The van der Waals surface area contributed by atoms with E-state index in [2.05, 4.69) is 20.1 Å². The summed E-state index contributed by atoms with van der Waals surface area (Å²) < 4.78 is 1.83. The van der Waals surface area contributed by atoms with Crippen molar-refractivity contribution in [3.8, 4) is 5.82 Å². The molecule has 1 saturated carbocycles. The second kappa shape index (κ2) is 6.59. The Kier molecular flexibility index (Phi) is 4.15. The number of aromatic nitrogens is 4. The minimum Gasteiger partial charge on any atom is -0.352 e. The minimum absolute atomic E-state index is 0.269. The van der Waals surface area contributed by atoms with E-state index in [0.29, 0.717) is 5.91 Å². The maximum atomic E-state index is 12.5. The molecule has 4 rings (SSSR count). The first kappa shape index (κ1) is 15.1. The van der Waals surface area contributed by atoms with Gasteiger partial charge in [0.2, 0.25) is 5.91 Å². The lowest BCUT2D eigenvalue weighted by Gasteiger charge is -2.36. The van der Waals surface area contributed by atoms with Gasteiger partial charge in [-0.25, -0.2) is 4.98 Å². The van der Waals surface area contributed by atoms with Crippen molar-refractivity contribution in [1.29, 1.82) is 0 Å². The van der Waals surface area contributed by atoms with Gasteiger partial charge in [-0.1, -0.05) is 12.8 Å². The number of imidazole rings is 1. The van der Waals surface area contributed by atoms with Crippen molar-refractivity contribution in [2.75, 3.05) is 31.1 Å². The van der Waals surface area contributed by atoms with Gasteiger partial charge in [-0.3, -0.25) is 9.36 Å². The van der Waals surface area contributed by atoms with Crippen molar-refractivity contribution in [1.82, 2.24) is 24.6 Å². The molecule has 0 unspecified atom stereocenters. The van der Waals surface area contributed by atoms with Gasteiger partial charge >= 0.3 is 0 Å². The zero-order chi connectivity index (χ0) is 16.4. The molecule has 2 fully saturated rings. The van der Waals surface area contributed by atoms with E-state index in [-0.39, 0.29) is 5.92 Å². The minimum atomic E-state index is 0.269. The van der Waals surface area contributed by atoms with Gasteiger partial charge in [-0.05, 0) is 25.0 Å². The number of carbonyl (C=O) groups is 1. The fourth-order valence-corrected chi connectivity index (χ4v) is 3.61. The number of rotatable bonds is 3. The third-order valence-corrected chi connectivity index (χ3v) is 5.03. The van der Waals surface area contributed by atoms with Crippen LogP contribution in [0.4, 0.5) is 5.82 Å². The van der Waals surface area contributed by atoms with Crippen LogP contribution in [0.15, 0.2) is 30.9 Å². The number of hydrogen-bond acceptors (Lipinski definition) is 5. The normalized spacial score (nSPS) is 19.0. The van der Waals surface area contributed by atoms with E-state index in [0.717, 1.165) is 50.7 Å². The van der Waals surface area contributed by atoms with E-state index in [1.807, 2.05) is 27.8 Å². The Morgan fingerprint density at radius 2 is 1.71 bits per heavy atom. The van der Waals surface area contributed by atoms with E-state index in [4.69, 9.17) is 0 Å². The van der Waals surface area contributed by atoms with Crippen LogP contribution in [0.1, 0.15) is 25.7 Å². The summed E-state index contributed by atoms with van der Waals surface area (Å²) in [6, 6.07) is 3.93. The van der Waals surface area contributed by atoms with Crippen molar-refractivity contribution in [3.05, 3.63) is 30.9 Å². The third-order valence-electron chi connectivity index (χ3n) is 5.03. The van der Waals surface area contributed by atoms with Crippen molar-refractivity contribution in [2.45, 2.75) is 25.7 Å². The third kappa shape index (κ3) is 2.98. The number of amides is 1. The molecule has 7 nitrogen and oxygen atoms in total. The number of anilines is 1. The van der Waals surface area contributed by atoms with Crippen LogP contribution in [0, 0.1) is 5.92 Å². The lowest BCUT2D eigenvalue weighted by molar-refractivity contribution is -0.135. The highest BCUT2D eigenvalue weighted by Crippen LogP contribution is 2.27. The van der Waals surface area contributed by atoms with Gasteiger partial charge < -0.3 is 9.80 Å². The topological polar surface area (TPSA) is 67.2 Å². The van der Waals surface area contributed by atoms with Crippen LogP contribution in [0.2, 0.25) is 0 Å². The average Bonchev–Trinajstić information content (AvgIpc) is 3.35. The molecular formula is C17H22N6O. The van der Waals surface area contributed by atoms with Gasteiger partial charge in [0, 0.05) is 44.5 Å². The molecule has 2 aliphatic rings.